The standard InChI is InChI=1S/C24H30N2O5/c1-18-3-8-22(19(2)15-18)30-12-9-25-23(27)17-31-24(28)21-6-4-20(5-7-21)16-26-10-13-29-14-11-26/h3-8,15H,9-14,16-17H2,1-2H3,(H,25,27). The third-order valence-electron chi connectivity index (χ3n) is 5.05. The maximum absolute atomic E-state index is 12.2. The highest BCUT2D eigenvalue weighted by atomic mass is 16.5. The lowest BCUT2D eigenvalue weighted by molar-refractivity contribution is -0.124. The van der Waals surface area contributed by atoms with Gasteiger partial charge in [-0.25, -0.2) is 4.79 Å². The zero-order chi connectivity index (χ0) is 22.1. The number of amides is 1. The van der Waals surface area contributed by atoms with Crippen molar-refractivity contribution in [3.8, 4) is 5.75 Å². The molecule has 2 aromatic rings. The molecule has 0 unspecified atom stereocenters. The number of morpholine rings is 1. The summed E-state index contributed by atoms with van der Waals surface area (Å²) in [5.74, 6) is -0.0792. The Bertz CT molecular complexity index is 876. The summed E-state index contributed by atoms with van der Waals surface area (Å²) in [7, 11) is 0. The third-order valence-corrected chi connectivity index (χ3v) is 5.05. The Balaban J connectivity index is 1.34. The minimum absolute atomic E-state index is 0.322. The summed E-state index contributed by atoms with van der Waals surface area (Å²) in [5, 5.41) is 2.69. The first kappa shape index (κ1) is 22.8. The van der Waals surface area contributed by atoms with Crippen molar-refractivity contribution < 1.29 is 23.8 Å². The maximum Gasteiger partial charge on any atom is 0.338 e. The molecule has 7 nitrogen and oxygen atoms in total. The summed E-state index contributed by atoms with van der Waals surface area (Å²) in [5.41, 5.74) is 3.78. The average Bonchev–Trinajstić information content (AvgIpc) is 2.77. The van der Waals surface area contributed by atoms with Crippen LogP contribution in [0.5, 0.6) is 5.75 Å². The number of hydrogen-bond donors (Lipinski definition) is 1. The molecule has 7 heteroatoms. The van der Waals surface area contributed by atoms with Crippen LogP contribution in [0.25, 0.3) is 0 Å². The van der Waals surface area contributed by atoms with E-state index in [0.29, 0.717) is 18.7 Å². The fraction of sp³-hybridized carbons (Fsp3) is 0.417. The highest BCUT2D eigenvalue weighted by molar-refractivity contribution is 5.91. The van der Waals surface area contributed by atoms with Gasteiger partial charge in [0.2, 0.25) is 0 Å². The van der Waals surface area contributed by atoms with Gasteiger partial charge in [-0.2, -0.15) is 0 Å². The molecule has 1 aliphatic rings. The van der Waals surface area contributed by atoms with Gasteiger partial charge in [0.25, 0.3) is 5.91 Å². The topological polar surface area (TPSA) is 77.1 Å². The van der Waals surface area contributed by atoms with Crippen LogP contribution in [0.1, 0.15) is 27.0 Å². The van der Waals surface area contributed by atoms with Crippen LogP contribution in [0.3, 0.4) is 0 Å². The second kappa shape index (κ2) is 11.5. The Morgan fingerprint density at radius 1 is 1.06 bits per heavy atom. The summed E-state index contributed by atoms with van der Waals surface area (Å²) >= 11 is 0. The number of carbonyl (C=O) groups excluding carboxylic acids is 2. The number of rotatable bonds is 9. The molecule has 1 fully saturated rings. The summed E-state index contributed by atoms with van der Waals surface area (Å²) in [4.78, 5) is 26.4. The van der Waals surface area contributed by atoms with Crippen LogP contribution >= 0.6 is 0 Å². The van der Waals surface area contributed by atoms with Gasteiger partial charge in [-0.05, 0) is 43.2 Å². The number of ether oxygens (including phenoxy) is 3. The van der Waals surface area contributed by atoms with E-state index in [0.717, 1.165) is 49.7 Å². The molecule has 166 valence electrons. The number of esters is 1. The Morgan fingerprint density at radius 3 is 2.52 bits per heavy atom. The zero-order valence-electron chi connectivity index (χ0n) is 18.2. The van der Waals surface area contributed by atoms with Crippen molar-refractivity contribution in [2.45, 2.75) is 20.4 Å². The first-order valence-corrected chi connectivity index (χ1v) is 10.5. The van der Waals surface area contributed by atoms with Crippen LogP contribution in [-0.4, -0.2) is 62.8 Å². The van der Waals surface area contributed by atoms with Crippen LogP contribution in [0.15, 0.2) is 42.5 Å². The van der Waals surface area contributed by atoms with E-state index in [2.05, 4.69) is 10.2 Å². The Morgan fingerprint density at radius 2 is 1.81 bits per heavy atom. The SMILES string of the molecule is Cc1ccc(OCCNC(=O)COC(=O)c2ccc(CN3CCOCC3)cc2)c(C)c1. The molecule has 2 aromatic carbocycles. The molecule has 0 atom stereocenters. The number of benzene rings is 2. The first-order chi connectivity index (χ1) is 15.0. The van der Waals surface area contributed by atoms with E-state index < -0.39 is 5.97 Å². The molecular weight excluding hydrogens is 396 g/mol. The molecular formula is C24H30N2O5. The van der Waals surface area contributed by atoms with Gasteiger partial charge >= 0.3 is 5.97 Å². The van der Waals surface area contributed by atoms with Crippen molar-refractivity contribution in [3.05, 3.63) is 64.7 Å². The summed E-state index contributed by atoms with van der Waals surface area (Å²) in [6, 6.07) is 13.2. The monoisotopic (exact) mass is 426 g/mol. The fourth-order valence-corrected chi connectivity index (χ4v) is 3.34. The zero-order valence-corrected chi connectivity index (χ0v) is 18.2. The molecule has 0 aliphatic carbocycles. The molecule has 3 rings (SSSR count). The molecule has 1 saturated heterocycles. The molecule has 0 spiro atoms. The minimum atomic E-state index is -0.514. The predicted octanol–water partition coefficient (Wildman–Crippen LogP) is 2.49. The Hall–Kier alpha value is -2.90. The number of nitrogens with zero attached hydrogens (tertiary/aromatic N) is 1. The van der Waals surface area contributed by atoms with Gasteiger partial charge in [0.15, 0.2) is 6.61 Å². The van der Waals surface area contributed by atoms with Crippen LogP contribution in [-0.2, 0) is 20.8 Å². The lowest BCUT2D eigenvalue weighted by Crippen LogP contribution is -2.35. The smallest absolute Gasteiger partial charge is 0.338 e. The fourth-order valence-electron chi connectivity index (χ4n) is 3.34. The van der Waals surface area contributed by atoms with Crippen molar-refractivity contribution in [1.82, 2.24) is 10.2 Å². The molecule has 1 heterocycles. The van der Waals surface area contributed by atoms with E-state index in [1.807, 2.05) is 44.2 Å². The van der Waals surface area contributed by atoms with E-state index in [4.69, 9.17) is 14.2 Å². The lowest BCUT2D eigenvalue weighted by atomic mass is 10.1. The lowest BCUT2D eigenvalue weighted by Gasteiger charge is -2.26. The largest absolute Gasteiger partial charge is 0.491 e. The van der Waals surface area contributed by atoms with Crippen molar-refractivity contribution in [2.24, 2.45) is 0 Å². The van der Waals surface area contributed by atoms with Crippen LogP contribution in [0, 0.1) is 13.8 Å². The van der Waals surface area contributed by atoms with Crippen LogP contribution in [0.4, 0.5) is 0 Å². The van der Waals surface area contributed by atoms with Gasteiger partial charge in [0, 0.05) is 19.6 Å². The van der Waals surface area contributed by atoms with Gasteiger partial charge in [-0.3, -0.25) is 9.69 Å². The van der Waals surface area contributed by atoms with Crippen molar-refractivity contribution in [1.29, 1.82) is 0 Å². The van der Waals surface area contributed by atoms with Crippen molar-refractivity contribution in [2.75, 3.05) is 46.1 Å². The van der Waals surface area contributed by atoms with Gasteiger partial charge < -0.3 is 19.5 Å². The molecule has 1 N–H and O–H groups in total. The second-order valence-corrected chi connectivity index (χ2v) is 7.63. The second-order valence-electron chi connectivity index (χ2n) is 7.63. The molecule has 1 amide bonds. The van der Waals surface area contributed by atoms with E-state index in [-0.39, 0.29) is 12.5 Å². The van der Waals surface area contributed by atoms with Gasteiger partial charge in [-0.1, -0.05) is 29.8 Å². The number of aryl methyl sites for hydroxylation is 2. The summed E-state index contributed by atoms with van der Waals surface area (Å²) in [6.45, 7) is 8.52. The Kier molecular flexibility index (Phi) is 8.44. The predicted molar refractivity (Wildman–Crippen MR) is 117 cm³/mol. The van der Waals surface area contributed by atoms with E-state index in [1.165, 1.54) is 5.56 Å². The maximum atomic E-state index is 12.2. The number of carbonyl (C=O) groups is 2. The summed E-state index contributed by atoms with van der Waals surface area (Å²) in [6.07, 6.45) is 0. The molecule has 31 heavy (non-hydrogen) atoms. The molecule has 0 saturated carbocycles. The Labute approximate surface area is 183 Å². The van der Waals surface area contributed by atoms with E-state index in [1.54, 1.807) is 12.1 Å². The molecule has 1 aliphatic heterocycles. The minimum Gasteiger partial charge on any atom is -0.491 e. The number of hydrogen-bond acceptors (Lipinski definition) is 6. The van der Waals surface area contributed by atoms with Crippen LogP contribution in [0.2, 0.25) is 0 Å². The third kappa shape index (κ3) is 7.38. The van der Waals surface area contributed by atoms with Gasteiger partial charge in [0.05, 0.1) is 25.3 Å². The highest BCUT2D eigenvalue weighted by Crippen LogP contribution is 2.18. The average molecular weight is 427 g/mol. The molecule has 0 radical (unpaired) electrons. The molecule has 0 aromatic heterocycles. The summed E-state index contributed by atoms with van der Waals surface area (Å²) < 4.78 is 16.1. The van der Waals surface area contributed by atoms with Crippen LogP contribution < -0.4 is 10.1 Å². The quantitative estimate of drug-likeness (QED) is 0.490. The normalized spacial score (nSPS) is 14.1. The van der Waals surface area contributed by atoms with Crippen molar-refractivity contribution >= 4 is 11.9 Å². The van der Waals surface area contributed by atoms with Gasteiger partial charge in [-0.15, -0.1) is 0 Å². The molecule has 0 bridgehead atoms. The van der Waals surface area contributed by atoms with Gasteiger partial charge in [0.1, 0.15) is 12.4 Å². The number of nitrogens with one attached hydrogen (secondary N) is 1. The van der Waals surface area contributed by atoms with E-state index >= 15 is 0 Å². The van der Waals surface area contributed by atoms with Crippen molar-refractivity contribution in [3.63, 3.8) is 0 Å². The first-order valence-electron chi connectivity index (χ1n) is 10.5. The highest BCUT2D eigenvalue weighted by Gasteiger charge is 2.13. The van der Waals surface area contributed by atoms with E-state index in [9.17, 15) is 9.59 Å².